The Bertz CT molecular complexity index is 294. The van der Waals surface area contributed by atoms with Gasteiger partial charge in [-0.05, 0) is 0 Å². The molecule has 0 bridgehead atoms. The molecule has 0 aromatic rings. The molecule has 9 heteroatoms. The molecule has 0 rings (SSSR count). The van der Waals surface area contributed by atoms with Crippen molar-refractivity contribution in [3.05, 3.63) is 11.7 Å². The van der Waals surface area contributed by atoms with Crippen LogP contribution in [0.25, 0.3) is 0 Å². The van der Waals surface area contributed by atoms with Gasteiger partial charge in [-0.2, -0.15) is 17.6 Å². The molecule has 0 unspecified atom stereocenters. The first kappa shape index (κ1) is 13.7. The molecule has 15 heavy (non-hydrogen) atoms. The molecule has 0 fully saturated rings. The Morgan fingerprint density at radius 2 is 1.53 bits per heavy atom. The molecule has 0 aliphatic rings. The Morgan fingerprint density at radius 1 is 1.13 bits per heavy atom. The zero-order valence-electron chi connectivity index (χ0n) is 6.71. The summed E-state index contributed by atoms with van der Waals surface area (Å²) < 4.78 is 84.0. The number of aliphatic carboxylic acids is 1. The van der Waals surface area contributed by atoms with Crippen LogP contribution in [-0.2, 0) is 4.79 Å². The summed E-state index contributed by atoms with van der Waals surface area (Å²) in [6, 6.07) is 0. The van der Waals surface area contributed by atoms with Gasteiger partial charge in [-0.1, -0.05) is 0 Å². The standard InChI is InChI=1S/C6H3F7O2/c7-1-5(10,6(11,12)13)3(9)2(8)4(14)15/h1H2,(H,14,15)/b3-2-/t5-/m0/s1. The second-order valence-electron chi connectivity index (χ2n) is 2.37. The van der Waals surface area contributed by atoms with Crippen LogP contribution >= 0.6 is 0 Å². The molecule has 0 aromatic heterocycles. The lowest BCUT2D eigenvalue weighted by Gasteiger charge is -2.22. The van der Waals surface area contributed by atoms with Gasteiger partial charge in [0.15, 0.2) is 5.83 Å². The maximum Gasteiger partial charge on any atom is 0.431 e. The Hall–Kier alpha value is -1.28. The van der Waals surface area contributed by atoms with Gasteiger partial charge in [-0.25, -0.2) is 18.0 Å². The number of halogens is 7. The van der Waals surface area contributed by atoms with E-state index in [9.17, 15) is 35.5 Å². The smallest absolute Gasteiger partial charge is 0.431 e. The van der Waals surface area contributed by atoms with Crippen molar-refractivity contribution in [2.45, 2.75) is 11.8 Å². The summed E-state index contributed by atoms with van der Waals surface area (Å²) >= 11 is 0. The summed E-state index contributed by atoms with van der Waals surface area (Å²) in [5, 5.41) is 7.75. The normalized spacial score (nSPS) is 18.1. The van der Waals surface area contributed by atoms with Crippen LogP contribution in [0.1, 0.15) is 0 Å². The maximum atomic E-state index is 12.6. The van der Waals surface area contributed by atoms with Gasteiger partial charge in [0.1, 0.15) is 6.67 Å². The van der Waals surface area contributed by atoms with E-state index in [1.54, 1.807) is 0 Å². The van der Waals surface area contributed by atoms with Crippen LogP contribution in [-0.4, -0.2) is 29.6 Å². The number of hydrogen-bond acceptors (Lipinski definition) is 1. The summed E-state index contributed by atoms with van der Waals surface area (Å²) in [7, 11) is 0. The van der Waals surface area contributed by atoms with E-state index in [1.807, 2.05) is 0 Å². The van der Waals surface area contributed by atoms with E-state index in [0.717, 1.165) is 0 Å². The summed E-state index contributed by atoms with van der Waals surface area (Å²) in [6.07, 6.45) is -6.08. The number of carboxylic acids is 1. The third-order valence-corrected chi connectivity index (χ3v) is 1.36. The minimum Gasteiger partial charge on any atom is -0.476 e. The van der Waals surface area contributed by atoms with Crippen molar-refractivity contribution in [3.63, 3.8) is 0 Å². The van der Waals surface area contributed by atoms with E-state index in [1.165, 1.54) is 0 Å². The fourth-order valence-corrected chi connectivity index (χ4v) is 0.527. The first-order valence-corrected chi connectivity index (χ1v) is 3.18. The van der Waals surface area contributed by atoms with Crippen LogP contribution in [0.2, 0.25) is 0 Å². The monoisotopic (exact) mass is 240 g/mol. The second kappa shape index (κ2) is 4.07. The first-order chi connectivity index (χ1) is 6.58. The van der Waals surface area contributed by atoms with E-state index >= 15 is 0 Å². The number of rotatable bonds is 3. The van der Waals surface area contributed by atoms with E-state index in [2.05, 4.69) is 0 Å². The Kier molecular flexibility index (Phi) is 3.72. The highest BCUT2D eigenvalue weighted by atomic mass is 19.4. The Morgan fingerprint density at radius 3 is 1.73 bits per heavy atom. The maximum absolute atomic E-state index is 12.6. The lowest BCUT2D eigenvalue weighted by Crippen LogP contribution is -2.44. The third kappa shape index (κ3) is 2.39. The average Bonchev–Trinajstić information content (AvgIpc) is 2.12. The molecule has 0 aliphatic carbocycles. The summed E-state index contributed by atoms with van der Waals surface area (Å²) in [6.45, 7) is -2.96. The molecule has 0 radical (unpaired) electrons. The predicted molar refractivity (Wildman–Crippen MR) is 32.7 cm³/mol. The van der Waals surface area contributed by atoms with Crippen LogP contribution in [0.5, 0.6) is 0 Å². The van der Waals surface area contributed by atoms with Crippen LogP contribution < -0.4 is 0 Å². The lowest BCUT2D eigenvalue weighted by molar-refractivity contribution is -0.226. The molecule has 0 heterocycles. The highest BCUT2D eigenvalue weighted by Crippen LogP contribution is 2.42. The highest BCUT2D eigenvalue weighted by Gasteiger charge is 2.61. The Labute approximate surface area is 78.0 Å². The third-order valence-electron chi connectivity index (χ3n) is 1.36. The van der Waals surface area contributed by atoms with Gasteiger partial charge in [0.25, 0.3) is 5.67 Å². The molecule has 2 nitrogen and oxygen atoms in total. The van der Waals surface area contributed by atoms with Crippen molar-refractivity contribution in [2.24, 2.45) is 0 Å². The molecular weight excluding hydrogens is 237 g/mol. The van der Waals surface area contributed by atoms with Gasteiger partial charge in [0, 0.05) is 0 Å². The van der Waals surface area contributed by atoms with Crippen LogP contribution in [0.15, 0.2) is 11.7 Å². The van der Waals surface area contributed by atoms with Crippen LogP contribution in [0.4, 0.5) is 30.7 Å². The zero-order chi connectivity index (χ0) is 12.4. The van der Waals surface area contributed by atoms with Crippen molar-refractivity contribution in [3.8, 4) is 0 Å². The molecule has 0 amide bonds. The zero-order valence-corrected chi connectivity index (χ0v) is 6.71. The average molecular weight is 240 g/mol. The van der Waals surface area contributed by atoms with Gasteiger partial charge in [-0.3, -0.25) is 0 Å². The van der Waals surface area contributed by atoms with Crippen molar-refractivity contribution >= 4 is 5.97 Å². The fourth-order valence-electron chi connectivity index (χ4n) is 0.527. The second-order valence-corrected chi connectivity index (χ2v) is 2.37. The molecule has 1 atom stereocenters. The molecular formula is C6H3F7O2. The predicted octanol–water partition coefficient (Wildman–Crippen LogP) is 2.46. The summed E-state index contributed by atoms with van der Waals surface area (Å²) in [5.41, 5.74) is -5.27. The van der Waals surface area contributed by atoms with E-state index < -0.39 is 36.1 Å². The molecule has 1 N–H and O–H groups in total. The van der Waals surface area contributed by atoms with Crippen molar-refractivity contribution in [1.82, 2.24) is 0 Å². The molecule has 0 spiro atoms. The van der Waals surface area contributed by atoms with Crippen molar-refractivity contribution in [2.75, 3.05) is 6.67 Å². The summed E-state index contributed by atoms with van der Waals surface area (Å²) in [4.78, 5) is 9.70. The van der Waals surface area contributed by atoms with Gasteiger partial charge < -0.3 is 5.11 Å². The SMILES string of the molecule is O=C(O)/C(F)=C(/F)[C@@](F)(CF)C(F)(F)F. The quantitative estimate of drug-likeness (QED) is 0.607. The van der Waals surface area contributed by atoms with Crippen molar-refractivity contribution < 1.29 is 40.6 Å². The largest absolute Gasteiger partial charge is 0.476 e. The van der Waals surface area contributed by atoms with E-state index in [0.29, 0.717) is 0 Å². The molecule has 0 saturated heterocycles. The summed E-state index contributed by atoms with van der Waals surface area (Å²) in [5.74, 6) is -9.12. The number of allylic oxidation sites excluding steroid dienone is 1. The number of carboxylic acid groups (broad SMARTS) is 1. The van der Waals surface area contributed by atoms with Crippen molar-refractivity contribution in [1.29, 1.82) is 0 Å². The highest BCUT2D eigenvalue weighted by molar-refractivity contribution is 5.84. The first-order valence-electron chi connectivity index (χ1n) is 3.18. The van der Waals surface area contributed by atoms with Gasteiger partial charge >= 0.3 is 12.1 Å². The number of hydrogen-bond donors (Lipinski definition) is 1. The van der Waals surface area contributed by atoms with Crippen LogP contribution in [0, 0.1) is 0 Å². The molecule has 88 valence electrons. The molecule has 0 saturated carbocycles. The number of alkyl halides is 5. The lowest BCUT2D eigenvalue weighted by atomic mass is 10.1. The van der Waals surface area contributed by atoms with Gasteiger partial charge in [0.05, 0.1) is 0 Å². The fraction of sp³-hybridized carbons (Fsp3) is 0.500. The Balaban J connectivity index is 5.52. The van der Waals surface area contributed by atoms with E-state index in [-0.39, 0.29) is 0 Å². The number of carbonyl (C=O) groups is 1. The van der Waals surface area contributed by atoms with Gasteiger partial charge in [-0.15, -0.1) is 0 Å². The van der Waals surface area contributed by atoms with E-state index in [4.69, 9.17) is 5.11 Å². The van der Waals surface area contributed by atoms with Crippen LogP contribution in [0.3, 0.4) is 0 Å². The molecule has 0 aliphatic heterocycles. The minimum absolute atomic E-state index is 2.76. The van der Waals surface area contributed by atoms with Gasteiger partial charge in [0.2, 0.25) is 5.83 Å². The molecule has 0 aromatic carbocycles. The topological polar surface area (TPSA) is 37.3 Å². The minimum atomic E-state index is -6.08.